The fourth-order valence-electron chi connectivity index (χ4n) is 10.7. The fraction of sp³-hybridized carbons (Fsp3) is 0. The van der Waals surface area contributed by atoms with Crippen LogP contribution in [0.25, 0.3) is 128 Å². The minimum atomic E-state index is 0.688. The van der Waals surface area contributed by atoms with Crippen LogP contribution < -0.4 is 0 Å². The Labute approximate surface area is 398 Å². The number of para-hydroxylation sites is 4. The van der Waals surface area contributed by atoms with E-state index < -0.39 is 0 Å². The summed E-state index contributed by atoms with van der Waals surface area (Å²) in [7, 11) is 0. The summed E-state index contributed by atoms with van der Waals surface area (Å²) in [6, 6.07) is 89.3. The molecule has 322 valence electrons. The van der Waals surface area contributed by atoms with Crippen LogP contribution in [0, 0.1) is 0 Å². The monoisotopic (exact) mass is 879 g/mol. The van der Waals surface area contributed by atoms with Crippen molar-refractivity contribution in [3.63, 3.8) is 0 Å². The number of nitrogens with zero attached hydrogens (tertiary/aromatic N) is 5. The van der Waals surface area contributed by atoms with E-state index in [1.165, 1.54) is 65.5 Å². The summed E-state index contributed by atoms with van der Waals surface area (Å²) in [6.45, 7) is 0. The van der Waals surface area contributed by atoms with Crippen LogP contribution in [0.1, 0.15) is 0 Å². The lowest BCUT2D eigenvalue weighted by Crippen LogP contribution is -1.98. The van der Waals surface area contributed by atoms with Crippen molar-refractivity contribution in [3.8, 4) is 62.1 Å². The molecule has 14 rings (SSSR count). The van der Waals surface area contributed by atoms with Gasteiger partial charge in [0.1, 0.15) is 0 Å². The topological polar surface area (TPSA) is 40.6 Å². The van der Waals surface area contributed by atoms with Crippen molar-refractivity contribution in [1.29, 1.82) is 0 Å². The molecule has 14 aromatic rings. The fourth-order valence-corrected chi connectivity index (χ4v) is 10.7. The van der Waals surface area contributed by atoms with E-state index in [0.717, 1.165) is 56.2 Å². The zero-order valence-electron chi connectivity index (χ0n) is 37.4. The zero-order valence-corrected chi connectivity index (χ0v) is 37.4. The minimum absolute atomic E-state index is 0.688. The number of benzene rings is 10. The first-order valence-corrected chi connectivity index (χ1v) is 23.5. The quantitative estimate of drug-likeness (QED) is 0.160. The second-order valence-electron chi connectivity index (χ2n) is 17.8. The third-order valence-electron chi connectivity index (χ3n) is 13.9. The summed E-state index contributed by atoms with van der Waals surface area (Å²) in [6.07, 6.45) is 0. The zero-order chi connectivity index (χ0) is 45.4. The molecule has 0 spiro atoms. The Hall–Kier alpha value is -9.32. The van der Waals surface area contributed by atoms with Gasteiger partial charge in [-0.15, -0.1) is 0 Å². The smallest absolute Gasteiger partial charge is 0.160 e. The Morgan fingerprint density at radius 1 is 0.217 bits per heavy atom. The molecule has 0 aliphatic heterocycles. The summed E-state index contributed by atoms with van der Waals surface area (Å²) in [4.78, 5) is 10.3. The molecule has 5 nitrogen and oxygen atoms in total. The lowest BCUT2D eigenvalue weighted by atomic mass is 10.0. The number of rotatable bonds is 7. The first-order valence-electron chi connectivity index (χ1n) is 23.5. The summed E-state index contributed by atoms with van der Waals surface area (Å²) in [5.74, 6) is 0.688. The number of hydrogen-bond donors (Lipinski definition) is 0. The maximum absolute atomic E-state index is 5.14. The molecule has 0 fully saturated rings. The van der Waals surface area contributed by atoms with E-state index in [4.69, 9.17) is 9.97 Å². The Morgan fingerprint density at radius 2 is 0.565 bits per heavy atom. The van der Waals surface area contributed by atoms with Crippen molar-refractivity contribution < 1.29 is 0 Å². The van der Waals surface area contributed by atoms with Crippen LogP contribution >= 0.6 is 0 Å². The molecule has 0 saturated carbocycles. The predicted octanol–water partition coefficient (Wildman–Crippen LogP) is 16.4. The van der Waals surface area contributed by atoms with Gasteiger partial charge in [0, 0.05) is 66.1 Å². The average molecular weight is 880 g/mol. The summed E-state index contributed by atoms with van der Waals surface area (Å²) in [5.41, 5.74) is 17.6. The molecule has 0 N–H and O–H groups in total. The average Bonchev–Trinajstić information content (AvgIpc) is 4.06. The molecule has 0 radical (unpaired) electrons. The first kappa shape index (κ1) is 38.9. The van der Waals surface area contributed by atoms with E-state index in [0.29, 0.717) is 5.82 Å². The van der Waals surface area contributed by atoms with E-state index >= 15 is 0 Å². The molecule has 69 heavy (non-hydrogen) atoms. The molecule has 0 amide bonds. The first-order chi connectivity index (χ1) is 34.2. The summed E-state index contributed by atoms with van der Waals surface area (Å²) >= 11 is 0. The van der Waals surface area contributed by atoms with E-state index in [2.05, 4.69) is 250 Å². The number of hydrogen-bond acceptors (Lipinski definition) is 2. The van der Waals surface area contributed by atoms with Crippen molar-refractivity contribution in [1.82, 2.24) is 23.7 Å². The maximum Gasteiger partial charge on any atom is 0.160 e. The highest BCUT2D eigenvalue weighted by atomic mass is 15.0. The second kappa shape index (κ2) is 15.7. The van der Waals surface area contributed by atoms with Gasteiger partial charge in [0.2, 0.25) is 0 Å². The molecule has 0 aliphatic rings. The van der Waals surface area contributed by atoms with Crippen LogP contribution in [-0.2, 0) is 0 Å². The van der Waals surface area contributed by atoms with E-state index in [1.807, 2.05) is 12.1 Å². The molecule has 0 aliphatic carbocycles. The van der Waals surface area contributed by atoms with Gasteiger partial charge in [-0.2, -0.15) is 0 Å². The van der Waals surface area contributed by atoms with Gasteiger partial charge in [-0.3, -0.25) is 0 Å². The molecule has 0 saturated heterocycles. The third-order valence-corrected chi connectivity index (χ3v) is 13.9. The lowest BCUT2D eigenvalue weighted by Gasteiger charge is -2.12. The summed E-state index contributed by atoms with van der Waals surface area (Å²) in [5, 5.41) is 7.34. The van der Waals surface area contributed by atoms with Crippen LogP contribution in [-0.4, -0.2) is 23.7 Å². The van der Waals surface area contributed by atoms with Crippen molar-refractivity contribution in [2.45, 2.75) is 0 Å². The highest BCUT2D eigenvalue weighted by molar-refractivity contribution is 6.14. The predicted molar refractivity (Wildman–Crippen MR) is 287 cm³/mol. The van der Waals surface area contributed by atoms with E-state index in [1.54, 1.807) is 0 Å². The molecule has 0 atom stereocenters. The molecular formula is C64H41N5. The van der Waals surface area contributed by atoms with Crippen LogP contribution in [0.15, 0.2) is 249 Å². The minimum Gasteiger partial charge on any atom is -0.309 e. The van der Waals surface area contributed by atoms with E-state index in [-0.39, 0.29) is 0 Å². The Morgan fingerprint density at radius 3 is 1.09 bits per heavy atom. The normalized spacial score (nSPS) is 11.8. The molecule has 4 heterocycles. The van der Waals surface area contributed by atoms with Crippen LogP contribution in [0.2, 0.25) is 0 Å². The van der Waals surface area contributed by atoms with Crippen molar-refractivity contribution in [3.05, 3.63) is 249 Å². The van der Waals surface area contributed by atoms with Crippen molar-refractivity contribution in [2.24, 2.45) is 0 Å². The SMILES string of the molecule is c1ccc(-c2cc(-c3ccccc3)nc(-c3ccc(-n4c5ccc(-c6ccc7c(c6)c6ccccc6n7-c6ccccc6)cc5c5cc(-n6c7ccccc7c7ccccc76)ccc54)cc3)n2)cc1. The van der Waals surface area contributed by atoms with Crippen molar-refractivity contribution >= 4 is 65.4 Å². The largest absolute Gasteiger partial charge is 0.309 e. The van der Waals surface area contributed by atoms with Gasteiger partial charge in [-0.1, -0.05) is 146 Å². The number of fused-ring (bicyclic) bond motifs is 9. The van der Waals surface area contributed by atoms with Crippen LogP contribution in [0.4, 0.5) is 0 Å². The molecule has 10 aromatic carbocycles. The third kappa shape index (κ3) is 6.32. The lowest BCUT2D eigenvalue weighted by molar-refractivity contribution is 1.16. The Balaban J connectivity index is 0.950. The van der Waals surface area contributed by atoms with Gasteiger partial charge in [-0.25, -0.2) is 9.97 Å². The van der Waals surface area contributed by atoms with Gasteiger partial charge >= 0.3 is 0 Å². The van der Waals surface area contributed by atoms with Gasteiger partial charge in [0.25, 0.3) is 0 Å². The van der Waals surface area contributed by atoms with Crippen LogP contribution in [0.5, 0.6) is 0 Å². The molecular weight excluding hydrogens is 839 g/mol. The standard InChI is InChI=1S/C64H41N5/c1-4-16-42(17-5-1)56-41-57(43-18-6-2-7-19-43)66-64(65-56)44-28-32-48(33-29-44)68-62-36-31-46(45-30-35-61-53(38-45)52-24-12-15-27-60(52)67(61)47-20-8-3-9-21-47)39-54(62)55-40-49(34-37-63(55)68)69-58-25-13-10-22-50(58)51-23-11-14-26-59(51)69/h1-41H. The molecule has 4 aromatic heterocycles. The van der Waals surface area contributed by atoms with Gasteiger partial charge in [0.15, 0.2) is 5.82 Å². The maximum atomic E-state index is 5.14. The highest BCUT2D eigenvalue weighted by Gasteiger charge is 2.19. The highest BCUT2D eigenvalue weighted by Crippen LogP contribution is 2.41. The van der Waals surface area contributed by atoms with E-state index in [9.17, 15) is 0 Å². The van der Waals surface area contributed by atoms with Gasteiger partial charge in [0.05, 0.1) is 44.5 Å². The molecule has 5 heteroatoms. The van der Waals surface area contributed by atoms with Crippen LogP contribution in [0.3, 0.4) is 0 Å². The van der Waals surface area contributed by atoms with Gasteiger partial charge < -0.3 is 13.7 Å². The Bertz CT molecular complexity index is 4170. The van der Waals surface area contributed by atoms with Crippen molar-refractivity contribution in [2.75, 3.05) is 0 Å². The Kier molecular flexibility index (Phi) is 8.83. The second-order valence-corrected chi connectivity index (χ2v) is 17.8. The summed E-state index contributed by atoms with van der Waals surface area (Å²) < 4.78 is 7.19. The molecule has 0 bridgehead atoms. The number of aromatic nitrogens is 5. The van der Waals surface area contributed by atoms with Gasteiger partial charge in [-0.05, 0) is 114 Å². The molecule has 0 unspecified atom stereocenters.